The summed E-state index contributed by atoms with van der Waals surface area (Å²) < 4.78 is 32.5. The van der Waals surface area contributed by atoms with Gasteiger partial charge >= 0.3 is 0 Å². The van der Waals surface area contributed by atoms with Crippen LogP contribution in [0.2, 0.25) is 0 Å². The Bertz CT molecular complexity index is 1010. The predicted octanol–water partition coefficient (Wildman–Crippen LogP) is 6.94. The predicted molar refractivity (Wildman–Crippen MR) is 142 cm³/mol. The Morgan fingerprint density at radius 1 is 0.833 bits per heavy atom. The first-order valence-corrected chi connectivity index (χ1v) is 13.9. The number of anilines is 1. The second-order valence-corrected chi connectivity index (χ2v) is 11.0. The highest BCUT2D eigenvalue weighted by Crippen LogP contribution is 2.49. The highest BCUT2D eigenvalue weighted by Gasteiger charge is 2.38. The van der Waals surface area contributed by atoms with Gasteiger partial charge in [0.1, 0.15) is 11.6 Å². The van der Waals surface area contributed by atoms with E-state index in [-0.39, 0.29) is 18.0 Å². The second kappa shape index (κ2) is 11.5. The molecule has 0 aromatic heterocycles. The van der Waals surface area contributed by atoms with Crippen molar-refractivity contribution in [3.8, 4) is 5.75 Å². The molecule has 36 heavy (non-hydrogen) atoms. The summed E-state index contributed by atoms with van der Waals surface area (Å²) in [5, 5.41) is 0. The average Bonchev–Trinajstić information content (AvgIpc) is 2.93. The Hall–Kier alpha value is -2.11. The van der Waals surface area contributed by atoms with Crippen molar-refractivity contribution in [3.05, 3.63) is 58.9 Å². The van der Waals surface area contributed by atoms with Crippen LogP contribution in [0.15, 0.2) is 36.4 Å². The van der Waals surface area contributed by atoms with Crippen molar-refractivity contribution in [3.63, 3.8) is 0 Å². The lowest BCUT2D eigenvalue weighted by Gasteiger charge is -2.41. The van der Waals surface area contributed by atoms with Gasteiger partial charge in [-0.2, -0.15) is 0 Å². The smallest absolute Gasteiger partial charge is 0.159 e. The van der Waals surface area contributed by atoms with Gasteiger partial charge < -0.3 is 19.1 Å². The molecule has 0 amide bonds. The summed E-state index contributed by atoms with van der Waals surface area (Å²) in [6.07, 6.45) is 10.5. The molecule has 2 aromatic rings. The van der Waals surface area contributed by atoms with Crippen LogP contribution in [-0.2, 0) is 15.9 Å². The molecule has 1 aliphatic heterocycles. The number of aryl methyl sites for hydroxylation is 1. The monoisotopic (exact) mass is 495 g/mol. The topological polar surface area (TPSA) is 30.9 Å². The van der Waals surface area contributed by atoms with E-state index in [4.69, 9.17) is 14.2 Å². The van der Waals surface area contributed by atoms with Gasteiger partial charge in [0, 0.05) is 44.8 Å². The van der Waals surface area contributed by atoms with Gasteiger partial charge in [0.25, 0.3) is 0 Å². The molecule has 3 aliphatic rings. The minimum Gasteiger partial charge on any atom is -0.497 e. The number of methoxy groups -OCH3 is 3. The number of nitrogens with zero attached hydrogens (tertiary/aromatic N) is 1. The zero-order valence-corrected chi connectivity index (χ0v) is 22.2. The van der Waals surface area contributed by atoms with E-state index in [1.807, 2.05) is 0 Å². The quantitative estimate of drug-likeness (QED) is 0.389. The Kier molecular flexibility index (Phi) is 8.17. The Labute approximate surface area is 216 Å². The van der Waals surface area contributed by atoms with E-state index < -0.39 is 0 Å². The number of piperidine rings is 1. The van der Waals surface area contributed by atoms with Crippen LogP contribution < -0.4 is 9.64 Å². The van der Waals surface area contributed by atoms with Crippen molar-refractivity contribution in [2.45, 2.75) is 70.0 Å². The van der Waals surface area contributed by atoms with Gasteiger partial charge in [-0.05, 0) is 78.5 Å². The molecule has 2 aromatic carbocycles. The highest BCUT2D eigenvalue weighted by atomic mass is 19.1. The van der Waals surface area contributed by atoms with Crippen molar-refractivity contribution in [2.24, 2.45) is 17.8 Å². The average molecular weight is 496 g/mol. The van der Waals surface area contributed by atoms with E-state index >= 15 is 4.39 Å². The molecule has 4 nitrogen and oxygen atoms in total. The fraction of sp³-hybridized carbons (Fsp3) is 0.613. The molecule has 5 rings (SSSR count). The van der Waals surface area contributed by atoms with Crippen molar-refractivity contribution in [1.29, 1.82) is 0 Å². The first-order valence-electron chi connectivity index (χ1n) is 13.9. The molecule has 2 fully saturated rings. The normalized spacial score (nSPS) is 23.6. The Morgan fingerprint density at radius 3 is 2.22 bits per heavy atom. The lowest BCUT2D eigenvalue weighted by atomic mass is 9.64. The summed E-state index contributed by atoms with van der Waals surface area (Å²) in [7, 11) is 5.13. The van der Waals surface area contributed by atoms with Gasteiger partial charge in [0.15, 0.2) is 6.29 Å². The minimum atomic E-state index is -0.159. The van der Waals surface area contributed by atoms with E-state index in [1.54, 1.807) is 27.4 Å². The summed E-state index contributed by atoms with van der Waals surface area (Å²) in [4.78, 5) is 2.31. The molecule has 1 saturated heterocycles. The summed E-state index contributed by atoms with van der Waals surface area (Å²) in [6.45, 7) is 1.78. The van der Waals surface area contributed by atoms with Crippen LogP contribution in [0, 0.1) is 23.6 Å². The van der Waals surface area contributed by atoms with Crippen LogP contribution >= 0.6 is 0 Å². The van der Waals surface area contributed by atoms with Crippen LogP contribution in [-0.4, -0.2) is 40.7 Å². The van der Waals surface area contributed by atoms with Crippen LogP contribution in [0.1, 0.15) is 74.0 Å². The largest absolute Gasteiger partial charge is 0.497 e. The van der Waals surface area contributed by atoms with Crippen LogP contribution in [0.25, 0.3) is 0 Å². The standard InChI is InChI=1S/C31H42FNO3/c1-34-25-11-14-27-23(19-25)9-12-26(21-7-5-4-6-8-21)30(27)28-13-10-24(20-29(28)32)33-17-15-22(16-18-33)31(35-2)36-3/h10-11,13-14,19-22,26,30-31H,4-9,12,15-18H2,1-3H3. The van der Waals surface area contributed by atoms with Gasteiger partial charge in [-0.25, -0.2) is 4.39 Å². The number of rotatable bonds is 7. The Balaban J connectivity index is 1.41. The molecular formula is C31H42FNO3. The third kappa shape index (κ3) is 5.15. The number of ether oxygens (including phenoxy) is 3. The van der Waals surface area contributed by atoms with E-state index in [0.29, 0.717) is 17.8 Å². The van der Waals surface area contributed by atoms with Gasteiger partial charge in [0.05, 0.1) is 7.11 Å². The van der Waals surface area contributed by atoms with E-state index in [9.17, 15) is 0 Å². The Morgan fingerprint density at radius 2 is 1.56 bits per heavy atom. The molecular weight excluding hydrogens is 453 g/mol. The number of hydrogen-bond donors (Lipinski definition) is 0. The summed E-state index contributed by atoms with van der Waals surface area (Å²) in [5.74, 6) is 2.52. The molecule has 2 unspecified atom stereocenters. The van der Waals surface area contributed by atoms with Crippen molar-refractivity contribution < 1.29 is 18.6 Å². The molecule has 196 valence electrons. The molecule has 1 saturated carbocycles. The molecule has 5 heteroatoms. The molecule has 0 radical (unpaired) electrons. The first-order chi connectivity index (χ1) is 17.6. The number of halogens is 1. The van der Waals surface area contributed by atoms with E-state index in [2.05, 4.69) is 35.2 Å². The third-order valence-corrected chi connectivity index (χ3v) is 9.19. The van der Waals surface area contributed by atoms with Gasteiger partial charge in [-0.1, -0.05) is 44.2 Å². The number of hydrogen-bond acceptors (Lipinski definition) is 4. The fourth-order valence-electron chi connectivity index (χ4n) is 7.29. The van der Waals surface area contributed by atoms with Gasteiger partial charge in [-0.3, -0.25) is 0 Å². The molecule has 2 atom stereocenters. The van der Waals surface area contributed by atoms with Gasteiger partial charge in [-0.15, -0.1) is 0 Å². The van der Waals surface area contributed by atoms with Crippen molar-refractivity contribution in [1.82, 2.24) is 0 Å². The van der Waals surface area contributed by atoms with Crippen LogP contribution in [0.5, 0.6) is 5.75 Å². The molecule has 0 N–H and O–H groups in total. The maximum absolute atomic E-state index is 16.0. The number of benzene rings is 2. The molecule has 0 bridgehead atoms. The number of fused-ring (bicyclic) bond motifs is 1. The fourth-order valence-corrected chi connectivity index (χ4v) is 7.29. The maximum Gasteiger partial charge on any atom is 0.159 e. The summed E-state index contributed by atoms with van der Waals surface area (Å²) in [5.41, 5.74) is 4.48. The second-order valence-electron chi connectivity index (χ2n) is 11.0. The lowest BCUT2D eigenvalue weighted by Crippen LogP contribution is -2.39. The molecule has 1 heterocycles. The summed E-state index contributed by atoms with van der Waals surface area (Å²) >= 11 is 0. The van der Waals surface area contributed by atoms with E-state index in [1.165, 1.54) is 43.2 Å². The minimum absolute atomic E-state index is 0.0595. The van der Waals surface area contributed by atoms with E-state index in [0.717, 1.165) is 55.8 Å². The zero-order chi connectivity index (χ0) is 25.1. The lowest BCUT2D eigenvalue weighted by molar-refractivity contribution is -0.141. The molecule has 2 aliphatic carbocycles. The van der Waals surface area contributed by atoms with Crippen LogP contribution in [0.3, 0.4) is 0 Å². The van der Waals surface area contributed by atoms with Crippen LogP contribution in [0.4, 0.5) is 10.1 Å². The SMILES string of the molecule is COc1ccc2c(c1)CCC(C1CCCCC1)C2c1ccc(N2CCC(C(OC)OC)CC2)cc1F. The van der Waals surface area contributed by atoms with Gasteiger partial charge in [0.2, 0.25) is 0 Å². The highest BCUT2D eigenvalue weighted by molar-refractivity contribution is 5.52. The maximum atomic E-state index is 16.0. The zero-order valence-electron chi connectivity index (χ0n) is 22.2. The molecule has 0 spiro atoms. The van der Waals surface area contributed by atoms with Crippen molar-refractivity contribution >= 4 is 5.69 Å². The third-order valence-electron chi connectivity index (χ3n) is 9.19. The summed E-state index contributed by atoms with van der Waals surface area (Å²) in [6, 6.07) is 12.5. The van der Waals surface area contributed by atoms with Crippen molar-refractivity contribution in [2.75, 3.05) is 39.3 Å². The first kappa shape index (κ1) is 25.5.